The molecule has 0 spiro atoms. The summed E-state index contributed by atoms with van der Waals surface area (Å²) >= 11 is 0. The Hall–Kier alpha value is -4.51. The van der Waals surface area contributed by atoms with Crippen LogP contribution in [0.15, 0.2) is 51.7 Å². The Morgan fingerprint density at radius 1 is 0.957 bits per heavy atom. The number of likely N-dealkylation sites (tertiary alicyclic amines) is 1. The van der Waals surface area contributed by atoms with E-state index in [-0.39, 0.29) is 42.6 Å². The molecule has 1 aliphatic rings. The van der Waals surface area contributed by atoms with Crippen molar-refractivity contribution in [1.29, 1.82) is 0 Å². The van der Waals surface area contributed by atoms with E-state index in [0.717, 1.165) is 11.5 Å². The number of amides is 5. The van der Waals surface area contributed by atoms with E-state index in [0.29, 0.717) is 38.8 Å². The number of unbranched alkanes of at least 4 members (excludes halogenated alkanes) is 1. The Labute approximate surface area is 275 Å². The Morgan fingerprint density at radius 3 is 2.21 bits per heavy atom. The molecule has 1 aliphatic heterocycles. The lowest BCUT2D eigenvalue weighted by Crippen LogP contribution is -2.57. The van der Waals surface area contributed by atoms with E-state index in [1.165, 1.54) is 24.0 Å². The fourth-order valence-electron chi connectivity index (χ4n) is 5.04. The first kappa shape index (κ1) is 38.7. The van der Waals surface area contributed by atoms with Gasteiger partial charge in [0.1, 0.15) is 18.1 Å². The van der Waals surface area contributed by atoms with Gasteiger partial charge in [-0.05, 0) is 63.6 Å². The van der Waals surface area contributed by atoms with Crippen LogP contribution in [0.25, 0.3) is 0 Å². The van der Waals surface area contributed by atoms with Crippen LogP contribution in [0, 0.1) is 0 Å². The van der Waals surface area contributed by atoms with E-state index in [4.69, 9.17) is 22.9 Å². The average molecular weight is 678 g/mol. The van der Waals surface area contributed by atoms with E-state index in [2.05, 4.69) is 20.9 Å². The SMILES string of the molecule is CC(=O)N1CCC[C@H]1C(=O)N[C@@H](CCCCN)C(=O)N[C@@H](CCCN=C(N)N)C(=O)N[C@H](/C=C/S(=O)(=O)c1ccccc1)CC(N)=O. The van der Waals surface area contributed by atoms with Gasteiger partial charge in [-0.3, -0.25) is 29.0 Å². The minimum absolute atomic E-state index is 0.0111. The second kappa shape index (κ2) is 19.2. The first-order chi connectivity index (χ1) is 22.2. The third-order valence-electron chi connectivity index (χ3n) is 7.43. The summed E-state index contributed by atoms with van der Waals surface area (Å²) in [7, 11) is -3.91. The summed E-state index contributed by atoms with van der Waals surface area (Å²) in [5.74, 6) is -3.08. The minimum Gasteiger partial charge on any atom is -0.370 e. The van der Waals surface area contributed by atoms with E-state index < -0.39 is 64.1 Å². The number of hydrogen-bond donors (Lipinski definition) is 7. The molecule has 0 aromatic heterocycles. The molecule has 17 heteroatoms. The normalized spacial score (nSPS) is 16.6. The van der Waals surface area contributed by atoms with Gasteiger partial charge in [0, 0.05) is 25.4 Å². The third-order valence-corrected chi connectivity index (χ3v) is 8.87. The van der Waals surface area contributed by atoms with Crippen LogP contribution in [-0.4, -0.2) is 92.6 Å². The topological polar surface area (TPSA) is 275 Å². The number of rotatable bonds is 19. The van der Waals surface area contributed by atoms with Crippen LogP contribution in [0.4, 0.5) is 0 Å². The van der Waals surface area contributed by atoms with Gasteiger partial charge in [0.05, 0.1) is 17.4 Å². The van der Waals surface area contributed by atoms with Crippen molar-refractivity contribution < 1.29 is 32.4 Å². The molecule has 260 valence electrons. The largest absolute Gasteiger partial charge is 0.370 e. The molecule has 1 fully saturated rings. The molecule has 0 bridgehead atoms. The first-order valence-electron chi connectivity index (χ1n) is 15.5. The number of primary amides is 1. The van der Waals surface area contributed by atoms with Crippen LogP contribution in [0.5, 0.6) is 0 Å². The van der Waals surface area contributed by atoms with E-state index >= 15 is 0 Å². The zero-order chi connectivity index (χ0) is 35.0. The molecule has 1 aromatic rings. The molecule has 1 heterocycles. The number of guanidine groups is 1. The summed E-state index contributed by atoms with van der Waals surface area (Å²) in [6.45, 7) is 2.32. The minimum atomic E-state index is -3.91. The molecule has 1 saturated heterocycles. The molecule has 16 nitrogen and oxygen atoms in total. The number of nitrogens with two attached hydrogens (primary N) is 4. The van der Waals surface area contributed by atoms with Gasteiger partial charge >= 0.3 is 0 Å². The number of benzene rings is 1. The second-order valence-corrected chi connectivity index (χ2v) is 13.0. The lowest BCUT2D eigenvalue weighted by molar-refractivity contribution is -0.138. The van der Waals surface area contributed by atoms with Crippen molar-refractivity contribution in [3.8, 4) is 0 Å². The maximum absolute atomic E-state index is 13.6. The van der Waals surface area contributed by atoms with Gasteiger partial charge in [0.15, 0.2) is 15.8 Å². The fraction of sp³-hybridized carbons (Fsp3) is 0.533. The van der Waals surface area contributed by atoms with Crippen LogP contribution in [0.2, 0.25) is 0 Å². The Morgan fingerprint density at radius 2 is 1.60 bits per heavy atom. The van der Waals surface area contributed by atoms with Crippen LogP contribution in [0.3, 0.4) is 0 Å². The van der Waals surface area contributed by atoms with Crippen molar-refractivity contribution in [2.24, 2.45) is 27.9 Å². The molecule has 4 atom stereocenters. The van der Waals surface area contributed by atoms with Crippen molar-refractivity contribution in [3.05, 3.63) is 41.8 Å². The number of nitrogens with zero attached hydrogens (tertiary/aromatic N) is 2. The van der Waals surface area contributed by atoms with Crippen molar-refractivity contribution in [2.75, 3.05) is 19.6 Å². The van der Waals surface area contributed by atoms with Gasteiger partial charge in [0.25, 0.3) is 0 Å². The van der Waals surface area contributed by atoms with Crippen molar-refractivity contribution >= 4 is 45.3 Å². The number of carbonyl (C=O) groups is 5. The van der Waals surface area contributed by atoms with Gasteiger partial charge in [-0.25, -0.2) is 8.42 Å². The highest BCUT2D eigenvalue weighted by atomic mass is 32.2. The number of aliphatic imine (C=N–C) groups is 1. The highest BCUT2D eigenvalue weighted by Gasteiger charge is 2.35. The van der Waals surface area contributed by atoms with Crippen molar-refractivity contribution in [1.82, 2.24) is 20.9 Å². The lowest BCUT2D eigenvalue weighted by Gasteiger charge is -2.27. The maximum atomic E-state index is 13.6. The molecular weight excluding hydrogens is 630 g/mol. The van der Waals surface area contributed by atoms with Crippen LogP contribution >= 0.6 is 0 Å². The number of carbonyl (C=O) groups excluding carboxylic acids is 5. The summed E-state index contributed by atoms with van der Waals surface area (Å²) < 4.78 is 25.5. The molecule has 0 unspecified atom stereocenters. The summed E-state index contributed by atoms with van der Waals surface area (Å²) in [5, 5.41) is 8.87. The zero-order valence-corrected chi connectivity index (χ0v) is 27.4. The smallest absolute Gasteiger partial charge is 0.243 e. The van der Waals surface area contributed by atoms with Crippen LogP contribution in [0.1, 0.15) is 58.3 Å². The molecule has 47 heavy (non-hydrogen) atoms. The van der Waals surface area contributed by atoms with Crippen molar-refractivity contribution in [3.63, 3.8) is 0 Å². The first-order valence-corrected chi connectivity index (χ1v) is 17.0. The predicted octanol–water partition coefficient (Wildman–Crippen LogP) is -1.50. The van der Waals surface area contributed by atoms with Crippen molar-refractivity contribution in [2.45, 2.75) is 87.4 Å². The maximum Gasteiger partial charge on any atom is 0.243 e. The lowest BCUT2D eigenvalue weighted by atomic mass is 10.0. The Balaban J connectivity index is 2.28. The quantitative estimate of drug-likeness (QED) is 0.0505. The summed E-state index contributed by atoms with van der Waals surface area (Å²) in [6.07, 6.45) is 3.42. The Bertz CT molecular complexity index is 1400. The van der Waals surface area contributed by atoms with Gasteiger partial charge in [-0.1, -0.05) is 24.3 Å². The fourth-order valence-corrected chi connectivity index (χ4v) is 6.13. The number of sulfone groups is 1. The summed E-state index contributed by atoms with van der Waals surface area (Å²) in [5.41, 5.74) is 21.8. The molecule has 0 radical (unpaired) electrons. The molecule has 1 aromatic carbocycles. The molecule has 0 aliphatic carbocycles. The van der Waals surface area contributed by atoms with E-state index in [1.807, 2.05) is 0 Å². The highest BCUT2D eigenvalue weighted by Crippen LogP contribution is 2.18. The molecule has 2 rings (SSSR count). The molecular formula is C30H47N9O7S. The standard InChI is InChI=1S/C30H47N9O7S/c1-20(40)39-17-8-13-25(39)29(44)38-23(11-5-6-15-31)28(43)37-24(12-7-16-35-30(33)34)27(42)36-21(19-26(32)41)14-18-47(45,46)22-9-3-2-4-10-22/h2-4,9-10,14,18,21,23-25H,5-8,11-13,15-17,19,31H2,1H3,(H2,32,41)(H,36,42)(H,37,43)(H,38,44)(H4,33,34,35)/b18-14+/t21-,23+,24+,25+/m1/s1. The molecule has 11 N–H and O–H groups in total. The molecule has 5 amide bonds. The van der Waals surface area contributed by atoms with E-state index in [9.17, 15) is 32.4 Å². The Kier molecular flexibility index (Phi) is 15.8. The number of nitrogens with one attached hydrogen (secondary N) is 3. The number of hydrogen-bond acceptors (Lipinski definition) is 9. The predicted molar refractivity (Wildman–Crippen MR) is 176 cm³/mol. The highest BCUT2D eigenvalue weighted by molar-refractivity contribution is 7.94. The van der Waals surface area contributed by atoms with Gasteiger partial charge in [-0.15, -0.1) is 0 Å². The van der Waals surface area contributed by atoms with Gasteiger partial charge < -0.3 is 43.8 Å². The third kappa shape index (κ3) is 13.4. The van der Waals surface area contributed by atoms with E-state index in [1.54, 1.807) is 18.2 Å². The van der Waals surface area contributed by atoms with Crippen LogP contribution in [-0.2, 0) is 33.8 Å². The van der Waals surface area contributed by atoms with Gasteiger partial charge in [-0.2, -0.15) is 0 Å². The zero-order valence-electron chi connectivity index (χ0n) is 26.6. The average Bonchev–Trinajstić information content (AvgIpc) is 3.52. The monoisotopic (exact) mass is 677 g/mol. The molecule has 0 saturated carbocycles. The summed E-state index contributed by atoms with van der Waals surface area (Å²) in [4.78, 5) is 69.5. The second-order valence-electron chi connectivity index (χ2n) is 11.2. The van der Waals surface area contributed by atoms with Gasteiger partial charge in [0.2, 0.25) is 29.5 Å². The van der Waals surface area contributed by atoms with Crippen LogP contribution < -0.4 is 38.9 Å². The summed E-state index contributed by atoms with van der Waals surface area (Å²) in [6, 6.07) is 3.47.